The van der Waals surface area contributed by atoms with E-state index in [1.807, 2.05) is 0 Å². The summed E-state index contributed by atoms with van der Waals surface area (Å²) in [6.07, 6.45) is 2.27. The molecule has 1 saturated heterocycles. The molecule has 1 aromatic rings. The highest BCUT2D eigenvalue weighted by Crippen LogP contribution is 2.16. The minimum atomic E-state index is -0.317. The van der Waals surface area contributed by atoms with Crippen molar-refractivity contribution < 1.29 is 9.18 Å². The van der Waals surface area contributed by atoms with Gasteiger partial charge >= 0.3 is 0 Å². The standard InChI is InChI=1S/C14H19FN2O.ClH/c1-10(11-4-2-5-12(15)8-11)14(18)17-9-13-6-3-7-16-13;/h2,4-5,8,10,13,16H,3,6-7,9H2,1H3,(H,17,18);1H. The van der Waals surface area contributed by atoms with Crippen molar-refractivity contribution in [1.82, 2.24) is 10.6 Å². The van der Waals surface area contributed by atoms with Crippen molar-refractivity contribution in [3.05, 3.63) is 35.6 Å². The van der Waals surface area contributed by atoms with Gasteiger partial charge in [0.15, 0.2) is 0 Å². The van der Waals surface area contributed by atoms with Crippen LogP contribution in [0.15, 0.2) is 24.3 Å². The van der Waals surface area contributed by atoms with Crippen LogP contribution in [0.3, 0.4) is 0 Å². The van der Waals surface area contributed by atoms with Gasteiger partial charge in [-0.1, -0.05) is 12.1 Å². The van der Waals surface area contributed by atoms with Crippen LogP contribution in [0.5, 0.6) is 0 Å². The number of carbonyl (C=O) groups excluding carboxylic acids is 1. The molecule has 1 aliphatic heterocycles. The summed E-state index contributed by atoms with van der Waals surface area (Å²) >= 11 is 0. The summed E-state index contributed by atoms with van der Waals surface area (Å²) in [7, 11) is 0. The molecule has 0 aromatic heterocycles. The molecule has 0 spiro atoms. The molecule has 2 unspecified atom stereocenters. The van der Waals surface area contributed by atoms with Gasteiger partial charge in [0, 0.05) is 12.6 Å². The molecular weight excluding hydrogens is 267 g/mol. The van der Waals surface area contributed by atoms with Crippen LogP contribution >= 0.6 is 12.4 Å². The first kappa shape index (κ1) is 15.9. The zero-order chi connectivity index (χ0) is 13.0. The highest BCUT2D eigenvalue weighted by molar-refractivity contribution is 5.85. The minimum absolute atomic E-state index is 0. The van der Waals surface area contributed by atoms with Crippen LogP contribution in [0.2, 0.25) is 0 Å². The van der Waals surface area contributed by atoms with Crippen LogP contribution in [0.4, 0.5) is 4.39 Å². The van der Waals surface area contributed by atoms with E-state index in [4.69, 9.17) is 0 Å². The third-order valence-corrected chi connectivity index (χ3v) is 3.43. The Morgan fingerprint density at radius 1 is 1.58 bits per heavy atom. The molecule has 3 nitrogen and oxygen atoms in total. The van der Waals surface area contributed by atoms with Crippen LogP contribution in [0.25, 0.3) is 0 Å². The Morgan fingerprint density at radius 3 is 3.00 bits per heavy atom. The van der Waals surface area contributed by atoms with Gasteiger partial charge in [-0.2, -0.15) is 0 Å². The Hall–Kier alpha value is -1.13. The Bertz CT molecular complexity index is 422. The first-order chi connectivity index (χ1) is 8.66. The summed E-state index contributed by atoms with van der Waals surface area (Å²) in [5, 5.41) is 6.24. The van der Waals surface area contributed by atoms with Crippen LogP contribution in [0, 0.1) is 5.82 Å². The van der Waals surface area contributed by atoms with E-state index in [-0.39, 0.29) is 30.0 Å². The molecule has 1 heterocycles. The second kappa shape index (κ2) is 7.46. The molecule has 2 N–H and O–H groups in total. The van der Waals surface area contributed by atoms with Crippen LogP contribution in [-0.4, -0.2) is 25.0 Å². The summed E-state index contributed by atoms with van der Waals surface area (Å²) in [6, 6.07) is 6.59. The third-order valence-electron chi connectivity index (χ3n) is 3.43. The first-order valence-electron chi connectivity index (χ1n) is 6.43. The van der Waals surface area contributed by atoms with Gasteiger partial charge in [0.1, 0.15) is 5.82 Å². The van der Waals surface area contributed by atoms with Gasteiger partial charge in [0.2, 0.25) is 5.91 Å². The molecule has 19 heavy (non-hydrogen) atoms. The van der Waals surface area contributed by atoms with Gasteiger partial charge in [-0.15, -0.1) is 12.4 Å². The van der Waals surface area contributed by atoms with Gasteiger partial charge < -0.3 is 10.6 Å². The average Bonchev–Trinajstić information content (AvgIpc) is 2.88. The SMILES string of the molecule is CC(C(=O)NCC1CCCN1)c1cccc(F)c1.Cl. The van der Waals surface area contributed by atoms with E-state index >= 15 is 0 Å². The molecule has 2 atom stereocenters. The summed E-state index contributed by atoms with van der Waals surface area (Å²) in [5.41, 5.74) is 0.715. The number of amides is 1. The molecule has 2 rings (SSSR count). The van der Waals surface area contributed by atoms with E-state index in [2.05, 4.69) is 10.6 Å². The van der Waals surface area contributed by atoms with Gasteiger partial charge in [-0.3, -0.25) is 4.79 Å². The maximum absolute atomic E-state index is 13.1. The number of benzene rings is 1. The monoisotopic (exact) mass is 286 g/mol. The Morgan fingerprint density at radius 2 is 2.37 bits per heavy atom. The normalized spacial score (nSPS) is 19.6. The minimum Gasteiger partial charge on any atom is -0.354 e. The van der Waals surface area contributed by atoms with Crippen LogP contribution in [-0.2, 0) is 4.79 Å². The first-order valence-corrected chi connectivity index (χ1v) is 6.43. The van der Waals surface area contributed by atoms with Crippen LogP contribution in [0.1, 0.15) is 31.2 Å². The average molecular weight is 287 g/mol. The lowest BCUT2D eigenvalue weighted by Crippen LogP contribution is -2.38. The zero-order valence-electron chi connectivity index (χ0n) is 11.0. The molecule has 0 radical (unpaired) electrons. The highest BCUT2D eigenvalue weighted by Gasteiger charge is 2.18. The molecule has 1 aliphatic rings. The molecule has 0 aliphatic carbocycles. The lowest BCUT2D eigenvalue weighted by atomic mass is 10.0. The Balaban J connectivity index is 0.00000180. The van der Waals surface area contributed by atoms with E-state index in [9.17, 15) is 9.18 Å². The number of nitrogens with one attached hydrogen (secondary N) is 2. The third kappa shape index (κ3) is 4.48. The predicted octanol–water partition coefficient (Wildman–Crippen LogP) is 2.22. The molecule has 1 amide bonds. The van der Waals surface area contributed by atoms with Crippen molar-refractivity contribution in [1.29, 1.82) is 0 Å². The van der Waals surface area contributed by atoms with E-state index < -0.39 is 0 Å². The van der Waals surface area contributed by atoms with E-state index in [0.29, 0.717) is 18.2 Å². The lowest BCUT2D eigenvalue weighted by molar-refractivity contribution is -0.122. The van der Waals surface area contributed by atoms with Crippen molar-refractivity contribution in [2.45, 2.75) is 31.7 Å². The Labute approximate surface area is 119 Å². The summed E-state index contributed by atoms with van der Waals surface area (Å²) < 4.78 is 13.1. The molecular formula is C14H20ClFN2O. The van der Waals surface area contributed by atoms with Gasteiger partial charge in [-0.25, -0.2) is 4.39 Å². The lowest BCUT2D eigenvalue weighted by Gasteiger charge is -2.15. The summed E-state index contributed by atoms with van der Waals surface area (Å²) in [4.78, 5) is 12.0. The van der Waals surface area contributed by atoms with Crippen molar-refractivity contribution in [3.63, 3.8) is 0 Å². The number of halogens is 2. The second-order valence-corrected chi connectivity index (χ2v) is 4.82. The molecule has 106 valence electrons. The fraction of sp³-hybridized carbons (Fsp3) is 0.500. The van der Waals surface area contributed by atoms with E-state index in [0.717, 1.165) is 13.0 Å². The maximum atomic E-state index is 13.1. The van der Waals surface area contributed by atoms with Crippen molar-refractivity contribution in [2.24, 2.45) is 0 Å². The van der Waals surface area contributed by atoms with Crippen molar-refractivity contribution >= 4 is 18.3 Å². The molecule has 0 saturated carbocycles. The van der Waals surface area contributed by atoms with Crippen LogP contribution < -0.4 is 10.6 Å². The number of hydrogen-bond acceptors (Lipinski definition) is 2. The van der Waals surface area contributed by atoms with Gasteiger partial charge in [-0.05, 0) is 44.0 Å². The number of hydrogen-bond donors (Lipinski definition) is 2. The maximum Gasteiger partial charge on any atom is 0.227 e. The molecule has 0 bridgehead atoms. The zero-order valence-corrected chi connectivity index (χ0v) is 11.8. The largest absolute Gasteiger partial charge is 0.354 e. The van der Waals surface area contributed by atoms with Gasteiger partial charge in [0.05, 0.1) is 5.92 Å². The second-order valence-electron chi connectivity index (χ2n) is 4.82. The quantitative estimate of drug-likeness (QED) is 0.891. The van der Waals surface area contributed by atoms with Gasteiger partial charge in [0.25, 0.3) is 0 Å². The number of rotatable bonds is 4. The topological polar surface area (TPSA) is 41.1 Å². The fourth-order valence-electron chi connectivity index (χ4n) is 2.24. The van der Waals surface area contributed by atoms with Crippen molar-refractivity contribution in [2.75, 3.05) is 13.1 Å². The van der Waals surface area contributed by atoms with E-state index in [1.54, 1.807) is 19.1 Å². The Kier molecular flexibility index (Phi) is 6.25. The van der Waals surface area contributed by atoms with E-state index in [1.165, 1.54) is 18.6 Å². The summed E-state index contributed by atoms with van der Waals surface area (Å²) in [6.45, 7) is 3.48. The van der Waals surface area contributed by atoms with Crippen molar-refractivity contribution in [3.8, 4) is 0 Å². The molecule has 1 aromatic carbocycles. The smallest absolute Gasteiger partial charge is 0.227 e. The fourth-order valence-corrected chi connectivity index (χ4v) is 2.24. The predicted molar refractivity (Wildman–Crippen MR) is 76.1 cm³/mol. The molecule has 5 heteroatoms. The molecule has 1 fully saturated rings. The number of carbonyl (C=O) groups is 1. The highest BCUT2D eigenvalue weighted by atomic mass is 35.5. The summed E-state index contributed by atoms with van der Waals surface area (Å²) in [5.74, 6) is -0.666.